The Balaban J connectivity index is 2.30. The van der Waals surface area contributed by atoms with E-state index in [-0.39, 0.29) is 5.60 Å². The van der Waals surface area contributed by atoms with Crippen LogP contribution in [0, 0.1) is 5.92 Å². The van der Waals surface area contributed by atoms with E-state index in [9.17, 15) is 0 Å². The summed E-state index contributed by atoms with van der Waals surface area (Å²) in [5, 5.41) is 0. The molecule has 0 radical (unpaired) electrons. The monoisotopic (exact) mass is 138 g/mol. The smallest absolute Gasteiger partial charge is 0.0839 e. The molecule has 1 nitrogen and oxygen atoms in total. The van der Waals surface area contributed by atoms with Gasteiger partial charge in [-0.3, -0.25) is 0 Å². The Morgan fingerprint density at radius 2 is 2.40 bits per heavy atom. The molecule has 1 saturated heterocycles. The molecule has 1 heterocycles. The molecule has 1 aliphatic heterocycles. The molecule has 0 N–H and O–H groups in total. The molecule has 0 spiro atoms. The minimum Gasteiger partial charge on any atom is -0.371 e. The molecule has 1 heteroatoms. The van der Waals surface area contributed by atoms with E-state index >= 15 is 0 Å². The van der Waals surface area contributed by atoms with Gasteiger partial charge in [-0.15, -0.1) is 0 Å². The van der Waals surface area contributed by atoms with Crippen molar-refractivity contribution in [1.82, 2.24) is 0 Å². The Labute approximate surface area is 62.1 Å². The largest absolute Gasteiger partial charge is 0.371 e. The molecule has 1 atom stereocenters. The maximum atomic E-state index is 5.64. The van der Waals surface area contributed by atoms with E-state index in [4.69, 9.17) is 4.74 Å². The Morgan fingerprint density at radius 1 is 1.60 bits per heavy atom. The van der Waals surface area contributed by atoms with Gasteiger partial charge >= 0.3 is 0 Å². The molecule has 0 aromatic heterocycles. The van der Waals surface area contributed by atoms with Crippen molar-refractivity contribution in [1.29, 1.82) is 0 Å². The molecule has 1 fully saturated rings. The van der Waals surface area contributed by atoms with Crippen molar-refractivity contribution < 1.29 is 4.74 Å². The van der Waals surface area contributed by atoms with E-state index in [1.165, 1.54) is 12.8 Å². The summed E-state index contributed by atoms with van der Waals surface area (Å²) in [5.41, 5.74) is 1.61. The van der Waals surface area contributed by atoms with Gasteiger partial charge in [0.05, 0.1) is 12.2 Å². The molecule has 0 bridgehead atoms. The van der Waals surface area contributed by atoms with Crippen LogP contribution >= 0.6 is 0 Å². The molecule has 56 valence electrons. The van der Waals surface area contributed by atoms with Crippen LogP contribution in [0.2, 0.25) is 0 Å². The van der Waals surface area contributed by atoms with Crippen molar-refractivity contribution in [3.05, 3.63) is 11.6 Å². The van der Waals surface area contributed by atoms with Crippen LogP contribution in [0.4, 0.5) is 0 Å². The molecule has 1 unspecified atom stereocenters. The lowest BCUT2D eigenvalue weighted by molar-refractivity contribution is 0.0487. The van der Waals surface area contributed by atoms with Gasteiger partial charge < -0.3 is 4.74 Å². The topological polar surface area (TPSA) is 9.23 Å². The van der Waals surface area contributed by atoms with E-state index in [1.807, 2.05) is 0 Å². The Kier molecular flexibility index (Phi) is 1.19. The van der Waals surface area contributed by atoms with Gasteiger partial charge in [-0.05, 0) is 32.3 Å². The van der Waals surface area contributed by atoms with Crippen molar-refractivity contribution in [2.45, 2.75) is 32.3 Å². The zero-order valence-corrected chi connectivity index (χ0v) is 6.68. The highest BCUT2D eigenvalue weighted by molar-refractivity contribution is 5.25. The average Bonchev–Trinajstić information content (AvgIpc) is 2.36. The number of allylic oxidation sites excluding steroid dienone is 1. The van der Waals surface area contributed by atoms with Crippen molar-refractivity contribution >= 4 is 0 Å². The lowest BCUT2D eigenvalue weighted by atomic mass is 9.93. The Morgan fingerprint density at radius 3 is 3.10 bits per heavy atom. The highest BCUT2D eigenvalue weighted by Gasteiger charge is 2.39. The number of ether oxygens (including phenoxy) is 1. The number of fused-ring (bicyclic) bond motifs is 1. The van der Waals surface area contributed by atoms with Crippen LogP contribution in [0.15, 0.2) is 11.6 Å². The molecular formula is C9H14O. The van der Waals surface area contributed by atoms with E-state index in [0.29, 0.717) is 0 Å². The standard InChI is InChI=1S/C9H14O/c1-9(2)8-5-3-4-7(8)6-10-9/h5,7H,3-4,6H2,1-2H3. The molecule has 0 aromatic rings. The van der Waals surface area contributed by atoms with E-state index in [2.05, 4.69) is 19.9 Å². The lowest BCUT2D eigenvalue weighted by Crippen LogP contribution is -2.19. The number of rotatable bonds is 0. The molecule has 0 amide bonds. The second kappa shape index (κ2) is 1.85. The fraction of sp³-hybridized carbons (Fsp3) is 0.778. The van der Waals surface area contributed by atoms with Crippen molar-refractivity contribution in [3.63, 3.8) is 0 Å². The summed E-state index contributed by atoms with van der Waals surface area (Å²) in [7, 11) is 0. The highest BCUT2D eigenvalue weighted by Crippen LogP contribution is 2.41. The third kappa shape index (κ3) is 0.734. The van der Waals surface area contributed by atoms with Gasteiger partial charge in [-0.1, -0.05) is 6.08 Å². The fourth-order valence-electron chi connectivity index (χ4n) is 2.06. The maximum absolute atomic E-state index is 5.64. The Bertz CT molecular complexity index is 179. The van der Waals surface area contributed by atoms with E-state index in [0.717, 1.165) is 12.5 Å². The first-order chi connectivity index (χ1) is 4.70. The van der Waals surface area contributed by atoms with Crippen LogP contribution < -0.4 is 0 Å². The highest BCUT2D eigenvalue weighted by atomic mass is 16.5. The average molecular weight is 138 g/mol. The van der Waals surface area contributed by atoms with Crippen LogP contribution in [0.25, 0.3) is 0 Å². The normalized spacial score (nSPS) is 35.8. The second-order valence-electron chi connectivity index (χ2n) is 3.76. The zero-order valence-electron chi connectivity index (χ0n) is 6.68. The van der Waals surface area contributed by atoms with Crippen LogP contribution in [0.3, 0.4) is 0 Å². The van der Waals surface area contributed by atoms with Gasteiger partial charge in [0, 0.05) is 5.92 Å². The SMILES string of the molecule is CC1(C)OCC2CCC=C21. The summed E-state index contributed by atoms with van der Waals surface area (Å²) in [6.07, 6.45) is 4.95. The van der Waals surface area contributed by atoms with Crippen LogP contribution in [-0.2, 0) is 4.74 Å². The minimum atomic E-state index is 0.0567. The van der Waals surface area contributed by atoms with Gasteiger partial charge in [0.2, 0.25) is 0 Å². The van der Waals surface area contributed by atoms with Gasteiger partial charge in [-0.2, -0.15) is 0 Å². The molecule has 0 saturated carbocycles. The summed E-state index contributed by atoms with van der Waals surface area (Å²) in [6.45, 7) is 5.30. The van der Waals surface area contributed by atoms with Crippen molar-refractivity contribution in [3.8, 4) is 0 Å². The molecule has 10 heavy (non-hydrogen) atoms. The number of hydrogen-bond acceptors (Lipinski definition) is 1. The van der Waals surface area contributed by atoms with Crippen LogP contribution in [0.5, 0.6) is 0 Å². The van der Waals surface area contributed by atoms with E-state index < -0.39 is 0 Å². The van der Waals surface area contributed by atoms with Crippen LogP contribution in [0.1, 0.15) is 26.7 Å². The van der Waals surface area contributed by atoms with Crippen LogP contribution in [-0.4, -0.2) is 12.2 Å². The minimum absolute atomic E-state index is 0.0567. The fourth-order valence-corrected chi connectivity index (χ4v) is 2.06. The molecular weight excluding hydrogens is 124 g/mol. The third-order valence-electron chi connectivity index (χ3n) is 2.66. The first-order valence-electron chi connectivity index (χ1n) is 4.04. The summed E-state index contributed by atoms with van der Waals surface area (Å²) >= 11 is 0. The predicted molar refractivity (Wildman–Crippen MR) is 40.8 cm³/mol. The van der Waals surface area contributed by atoms with E-state index in [1.54, 1.807) is 5.57 Å². The van der Waals surface area contributed by atoms with Gasteiger partial charge in [0.1, 0.15) is 0 Å². The van der Waals surface area contributed by atoms with Gasteiger partial charge in [-0.25, -0.2) is 0 Å². The maximum Gasteiger partial charge on any atom is 0.0839 e. The van der Waals surface area contributed by atoms with Gasteiger partial charge in [0.25, 0.3) is 0 Å². The van der Waals surface area contributed by atoms with Gasteiger partial charge in [0.15, 0.2) is 0 Å². The molecule has 0 aromatic carbocycles. The zero-order chi connectivity index (χ0) is 7.19. The summed E-state index contributed by atoms with van der Waals surface area (Å²) < 4.78 is 5.64. The summed E-state index contributed by atoms with van der Waals surface area (Å²) in [5.74, 6) is 0.759. The quantitative estimate of drug-likeness (QED) is 0.466. The molecule has 1 aliphatic carbocycles. The molecule has 2 rings (SSSR count). The molecule has 2 aliphatic rings. The summed E-state index contributed by atoms with van der Waals surface area (Å²) in [4.78, 5) is 0. The lowest BCUT2D eigenvalue weighted by Gasteiger charge is -2.18. The number of hydrogen-bond donors (Lipinski definition) is 0. The Hall–Kier alpha value is -0.300. The van der Waals surface area contributed by atoms with Crippen molar-refractivity contribution in [2.75, 3.05) is 6.61 Å². The first-order valence-corrected chi connectivity index (χ1v) is 4.04. The third-order valence-corrected chi connectivity index (χ3v) is 2.66. The summed E-state index contributed by atoms with van der Waals surface area (Å²) in [6, 6.07) is 0. The second-order valence-corrected chi connectivity index (χ2v) is 3.76. The predicted octanol–water partition coefficient (Wildman–Crippen LogP) is 2.13. The van der Waals surface area contributed by atoms with Crippen molar-refractivity contribution in [2.24, 2.45) is 5.92 Å². The first kappa shape index (κ1) is 6.41.